The molecule has 41 heavy (non-hydrogen) atoms. The maximum absolute atomic E-state index is 13.5. The minimum atomic E-state index is -4.73. The molecule has 0 spiro atoms. The molecule has 1 aliphatic heterocycles. The number of carbonyl (C=O) groups excluding carboxylic acids is 1. The lowest BCUT2D eigenvalue weighted by molar-refractivity contribution is -0.138. The van der Waals surface area contributed by atoms with Crippen LogP contribution < -0.4 is 10.5 Å². The Balaban J connectivity index is 1.68. The number of halogens is 3. The summed E-state index contributed by atoms with van der Waals surface area (Å²) in [6.07, 6.45) is -2.36. The highest BCUT2D eigenvalue weighted by Gasteiger charge is 2.51. The standard InChI is InChI=1S/C23H26F3N7O5S3/c1-12(2)41(37,38)33-8-4-13(5-9-33)15-10-14(40(35,36)31-22(6-7-22)20(27)34)11-16-17(30-32(3)18(15)16)19-28-29-21(39-19)23(24,25)26/h4,10-12,31H,5-9H2,1-3H3,(H2,27,34). The molecule has 18 heteroatoms. The first-order chi connectivity index (χ1) is 19.0. The Labute approximate surface area is 237 Å². The lowest BCUT2D eigenvalue weighted by Crippen LogP contribution is -2.46. The van der Waals surface area contributed by atoms with Gasteiger partial charge in [-0.15, -0.1) is 10.2 Å². The van der Waals surface area contributed by atoms with E-state index in [1.165, 1.54) is 21.1 Å². The number of nitrogens with zero attached hydrogens (tertiary/aromatic N) is 5. The van der Waals surface area contributed by atoms with Gasteiger partial charge >= 0.3 is 6.18 Å². The van der Waals surface area contributed by atoms with E-state index in [2.05, 4.69) is 20.0 Å². The summed E-state index contributed by atoms with van der Waals surface area (Å²) in [5.41, 5.74) is 5.43. The molecule has 0 atom stereocenters. The molecule has 0 bridgehead atoms. The zero-order valence-corrected chi connectivity index (χ0v) is 24.5. The van der Waals surface area contributed by atoms with Crippen molar-refractivity contribution >= 4 is 53.8 Å². The van der Waals surface area contributed by atoms with Crippen LogP contribution in [0.4, 0.5) is 13.2 Å². The second-order valence-corrected chi connectivity index (χ2v) is 15.4. The van der Waals surface area contributed by atoms with Crippen molar-refractivity contribution in [2.75, 3.05) is 13.1 Å². The Kier molecular flexibility index (Phi) is 7.08. The maximum atomic E-state index is 13.5. The topological polar surface area (TPSA) is 170 Å². The largest absolute Gasteiger partial charge is 0.445 e. The van der Waals surface area contributed by atoms with Crippen LogP contribution in [0.25, 0.3) is 27.2 Å². The number of fused-ring (bicyclic) bond motifs is 1. The molecule has 1 aliphatic carbocycles. The Hall–Kier alpha value is -2.93. The number of nitrogens with two attached hydrogens (primary N) is 1. The monoisotopic (exact) mass is 633 g/mol. The van der Waals surface area contributed by atoms with Crippen LogP contribution in [0.5, 0.6) is 0 Å². The number of primary amides is 1. The molecule has 1 fully saturated rings. The van der Waals surface area contributed by atoms with Crippen LogP contribution in [0, 0.1) is 0 Å². The quantitative estimate of drug-likeness (QED) is 0.380. The molecule has 222 valence electrons. The number of nitrogens with one attached hydrogen (secondary N) is 1. The number of aryl methyl sites for hydroxylation is 1. The predicted molar refractivity (Wildman–Crippen MR) is 144 cm³/mol. The van der Waals surface area contributed by atoms with E-state index in [1.807, 2.05) is 0 Å². The number of alkyl halides is 3. The highest BCUT2D eigenvalue weighted by atomic mass is 32.2. The normalized spacial score (nSPS) is 18.2. The fourth-order valence-corrected chi connectivity index (χ4v) is 8.06. The highest BCUT2D eigenvalue weighted by molar-refractivity contribution is 7.90. The molecular weight excluding hydrogens is 607 g/mol. The molecule has 0 radical (unpaired) electrons. The highest BCUT2D eigenvalue weighted by Crippen LogP contribution is 2.41. The third kappa shape index (κ3) is 5.26. The zero-order valence-electron chi connectivity index (χ0n) is 22.1. The van der Waals surface area contributed by atoms with E-state index in [-0.39, 0.29) is 64.7 Å². The van der Waals surface area contributed by atoms with Crippen LogP contribution in [0.15, 0.2) is 23.1 Å². The summed E-state index contributed by atoms with van der Waals surface area (Å²) in [5.74, 6) is -0.820. The molecule has 5 rings (SSSR count). The summed E-state index contributed by atoms with van der Waals surface area (Å²) < 4.78 is 97.2. The summed E-state index contributed by atoms with van der Waals surface area (Å²) in [4.78, 5) is 11.7. The number of rotatable bonds is 8. The van der Waals surface area contributed by atoms with Gasteiger partial charge in [-0.3, -0.25) is 9.48 Å². The third-order valence-electron chi connectivity index (χ3n) is 7.12. The fourth-order valence-electron chi connectivity index (χ4n) is 4.65. The van der Waals surface area contributed by atoms with Gasteiger partial charge in [0, 0.05) is 31.1 Å². The van der Waals surface area contributed by atoms with E-state index in [9.17, 15) is 34.8 Å². The molecule has 1 aromatic carbocycles. The summed E-state index contributed by atoms with van der Waals surface area (Å²) in [5, 5.41) is 9.45. The van der Waals surface area contributed by atoms with Gasteiger partial charge in [-0.1, -0.05) is 17.4 Å². The molecular formula is C23H26F3N7O5S3. The van der Waals surface area contributed by atoms with Gasteiger partial charge in [0.05, 0.1) is 15.7 Å². The summed E-state index contributed by atoms with van der Waals surface area (Å²) in [6.45, 7) is 3.34. The van der Waals surface area contributed by atoms with E-state index in [0.29, 0.717) is 16.7 Å². The van der Waals surface area contributed by atoms with Crippen molar-refractivity contribution in [1.82, 2.24) is 29.0 Å². The van der Waals surface area contributed by atoms with Crippen molar-refractivity contribution in [3.63, 3.8) is 0 Å². The fraction of sp³-hybridized carbons (Fsp3) is 0.478. The molecule has 3 N–H and O–H groups in total. The van der Waals surface area contributed by atoms with E-state index >= 15 is 0 Å². The average Bonchev–Trinajstić information content (AvgIpc) is 3.34. The number of amides is 1. The smallest absolute Gasteiger partial charge is 0.368 e. The molecule has 2 aliphatic rings. The molecule has 1 amide bonds. The van der Waals surface area contributed by atoms with E-state index in [4.69, 9.17) is 5.73 Å². The molecule has 3 aromatic rings. The number of hydrogen-bond donors (Lipinski definition) is 2. The minimum Gasteiger partial charge on any atom is -0.368 e. The van der Waals surface area contributed by atoms with Crippen molar-refractivity contribution in [3.05, 3.63) is 28.8 Å². The van der Waals surface area contributed by atoms with Crippen molar-refractivity contribution in [2.24, 2.45) is 12.8 Å². The summed E-state index contributed by atoms with van der Waals surface area (Å²) in [7, 11) is -6.32. The number of aromatic nitrogens is 4. The van der Waals surface area contributed by atoms with Gasteiger partial charge < -0.3 is 5.73 Å². The van der Waals surface area contributed by atoms with Crippen molar-refractivity contribution in [3.8, 4) is 10.7 Å². The van der Waals surface area contributed by atoms with Crippen molar-refractivity contribution in [1.29, 1.82) is 0 Å². The maximum Gasteiger partial charge on any atom is 0.445 e. The van der Waals surface area contributed by atoms with Gasteiger partial charge in [0.15, 0.2) is 5.01 Å². The average molecular weight is 634 g/mol. The SMILES string of the molecule is CC(C)S(=O)(=O)N1CC=C(c2cc(S(=O)(=O)NC3(C(N)=O)CC3)cc3c(-c4nnc(C(F)(F)F)s4)nn(C)c23)CC1. The lowest BCUT2D eigenvalue weighted by Gasteiger charge is -2.28. The second-order valence-electron chi connectivity index (χ2n) is 10.2. The van der Waals surface area contributed by atoms with E-state index < -0.39 is 47.9 Å². The van der Waals surface area contributed by atoms with Crippen molar-refractivity contribution < 1.29 is 34.8 Å². The van der Waals surface area contributed by atoms with E-state index in [0.717, 1.165) is 0 Å². The van der Waals surface area contributed by atoms with E-state index in [1.54, 1.807) is 27.0 Å². The molecule has 2 aromatic heterocycles. The van der Waals surface area contributed by atoms with Gasteiger partial charge in [-0.2, -0.15) is 27.3 Å². The second kappa shape index (κ2) is 9.82. The van der Waals surface area contributed by atoms with Crippen LogP contribution >= 0.6 is 11.3 Å². The Morgan fingerprint density at radius 2 is 1.85 bits per heavy atom. The Morgan fingerprint density at radius 3 is 2.37 bits per heavy atom. The van der Waals surface area contributed by atoms with Gasteiger partial charge in [-0.05, 0) is 50.8 Å². The van der Waals surface area contributed by atoms with Gasteiger partial charge in [0.2, 0.25) is 31.0 Å². The number of benzene rings is 1. The Bertz CT molecular complexity index is 1810. The van der Waals surface area contributed by atoms with Crippen LogP contribution in [0.2, 0.25) is 0 Å². The first kappa shape index (κ1) is 29.6. The van der Waals surface area contributed by atoms with Crippen LogP contribution in [-0.4, -0.2) is 70.9 Å². The minimum absolute atomic E-state index is 0.00902. The first-order valence-electron chi connectivity index (χ1n) is 12.4. The predicted octanol–water partition coefficient (Wildman–Crippen LogP) is 2.23. The van der Waals surface area contributed by atoms with Crippen molar-refractivity contribution in [2.45, 2.75) is 55.0 Å². The van der Waals surface area contributed by atoms with Gasteiger partial charge in [0.25, 0.3) is 0 Å². The molecule has 0 unspecified atom stereocenters. The van der Waals surface area contributed by atoms with Crippen LogP contribution in [0.3, 0.4) is 0 Å². The molecule has 3 heterocycles. The number of hydrogen-bond acceptors (Lipinski definition) is 9. The summed E-state index contributed by atoms with van der Waals surface area (Å²) >= 11 is 0.268. The first-order valence-corrected chi connectivity index (χ1v) is 16.2. The number of sulfonamides is 2. The molecule has 12 nitrogen and oxygen atoms in total. The lowest BCUT2D eigenvalue weighted by atomic mass is 9.97. The Morgan fingerprint density at radius 1 is 1.17 bits per heavy atom. The molecule has 1 saturated carbocycles. The third-order valence-corrected chi connectivity index (χ3v) is 11.9. The van der Waals surface area contributed by atoms with Crippen LogP contribution in [-0.2, 0) is 38.1 Å². The number of carbonyl (C=O) groups is 1. The van der Waals surface area contributed by atoms with Gasteiger partial charge in [0.1, 0.15) is 11.2 Å². The molecule has 0 saturated heterocycles. The zero-order chi connectivity index (χ0) is 30.1. The van der Waals surface area contributed by atoms with Crippen LogP contribution in [0.1, 0.15) is 43.7 Å². The van der Waals surface area contributed by atoms with Gasteiger partial charge in [-0.25, -0.2) is 16.8 Å². The summed E-state index contributed by atoms with van der Waals surface area (Å²) in [6, 6.07) is 2.64.